The Balaban J connectivity index is 2.43. The summed E-state index contributed by atoms with van der Waals surface area (Å²) in [7, 11) is 0. The van der Waals surface area contributed by atoms with Gasteiger partial charge in [0.25, 0.3) is 0 Å². The molecule has 0 bridgehead atoms. The Labute approximate surface area is 132 Å². The number of nitrogen functional groups attached to an aromatic ring is 4. The van der Waals surface area contributed by atoms with Crippen LogP contribution in [-0.4, -0.2) is 16.7 Å². The molecule has 0 fully saturated rings. The van der Waals surface area contributed by atoms with Gasteiger partial charge in [-0.1, -0.05) is 30.3 Å². The lowest BCUT2D eigenvalue weighted by atomic mass is 9.99. The summed E-state index contributed by atoms with van der Waals surface area (Å²) in [6.45, 7) is 0. The third kappa shape index (κ3) is 2.15. The van der Waals surface area contributed by atoms with Crippen molar-refractivity contribution in [3.63, 3.8) is 0 Å². The summed E-state index contributed by atoms with van der Waals surface area (Å²) in [6, 6.07) is 11.2. The number of nitrogens with two attached hydrogens (primary N) is 4. The quantitative estimate of drug-likeness (QED) is 0.221. The van der Waals surface area contributed by atoms with Gasteiger partial charge in [-0.3, -0.25) is 10.8 Å². The Hall–Kier alpha value is -3.48. The molecule has 23 heavy (non-hydrogen) atoms. The van der Waals surface area contributed by atoms with E-state index in [-0.39, 0.29) is 17.4 Å². The number of aromatic amines is 1. The molecule has 0 saturated heterocycles. The number of hydrogen-bond acceptors (Lipinski definition) is 4. The fourth-order valence-corrected chi connectivity index (χ4v) is 2.74. The number of hydrogen-bond donors (Lipinski definition) is 7. The molecule has 2 aromatic carbocycles. The van der Waals surface area contributed by atoms with E-state index in [1.54, 1.807) is 6.07 Å². The number of anilines is 2. The molecule has 1 aromatic heterocycles. The monoisotopic (exact) mass is 307 g/mol. The number of benzene rings is 2. The first-order chi connectivity index (χ1) is 10.9. The van der Waals surface area contributed by atoms with Crippen LogP contribution in [0.3, 0.4) is 0 Å². The van der Waals surface area contributed by atoms with Crippen LogP contribution in [0.5, 0.6) is 0 Å². The molecule has 3 aromatic rings. The van der Waals surface area contributed by atoms with Crippen LogP contribution >= 0.6 is 0 Å². The van der Waals surface area contributed by atoms with Gasteiger partial charge in [-0.2, -0.15) is 0 Å². The second-order valence-corrected chi connectivity index (χ2v) is 5.24. The maximum Gasteiger partial charge on any atom is 0.125 e. The zero-order valence-electron chi connectivity index (χ0n) is 12.3. The predicted octanol–water partition coefficient (Wildman–Crippen LogP) is 1.57. The van der Waals surface area contributed by atoms with Crippen LogP contribution in [0, 0.1) is 10.8 Å². The van der Waals surface area contributed by atoms with E-state index >= 15 is 0 Å². The van der Waals surface area contributed by atoms with Gasteiger partial charge < -0.3 is 27.9 Å². The fraction of sp³-hybridized carbons (Fsp3) is 0. The molecule has 0 aliphatic carbocycles. The number of H-pyrrole nitrogens is 1. The lowest BCUT2D eigenvalue weighted by Gasteiger charge is -2.11. The molecule has 0 saturated carbocycles. The van der Waals surface area contributed by atoms with Crippen LogP contribution in [0.2, 0.25) is 0 Å². The van der Waals surface area contributed by atoms with Gasteiger partial charge in [0.2, 0.25) is 0 Å². The Morgan fingerprint density at radius 2 is 1.57 bits per heavy atom. The maximum absolute atomic E-state index is 7.82. The molecule has 11 N–H and O–H groups in total. The number of rotatable bonds is 3. The Morgan fingerprint density at radius 1 is 0.913 bits per heavy atom. The van der Waals surface area contributed by atoms with E-state index in [0.717, 1.165) is 5.56 Å². The molecule has 0 radical (unpaired) electrons. The minimum absolute atomic E-state index is 0.183. The topological polar surface area (TPSA) is 168 Å². The summed E-state index contributed by atoms with van der Waals surface area (Å²) in [5.41, 5.74) is 27.1. The van der Waals surface area contributed by atoms with Gasteiger partial charge in [0.15, 0.2) is 0 Å². The third-order valence-corrected chi connectivity index (χ3v) is 3.79. The van der Waals surface area contributed by atoms with Crippen LogP contribution in [0.25, 0.3) is 22.2 Å². The molecule has 7 heteroatoms. The van der Waals surface area contributed by atoms with Crippen molar-refractivity contribution in [1.82, 2.24) is 4.98 Å². The number of aromatic nitrogens is 1. The van der Waals surface area contributed by atoms with E-state index in [4.69, 9.17) is 33.8 Å². The van der Waals surface area contributed by atoms with Gasteiger partial charge in [0.1, 0.15) is 11.7 Å². The molecule has 0 unspecified atom stereocenters. The summed E-state index contributed by atoms with van der Waals surface area (Å²) >= 11 is 0. The van der Waals surface area contributed by atoms with Crippen LogP contribution in [0.4, 0.5) is 11.4 Å². The van der Waals surface area contributed by atoms with Crippen molar-refractivity contribution in [3.05, 3.63) is 47.5 Å². The van der Waals surface area contributed by atoms with Crippen LogP contribution in [0.15, 0.2) is 36.4 Å². The van der Waals surface area contributed by atoms with Crippen molar-refractivity contribution in [2.24, 2.45) is 11.5 Å². The molecule has 0 spiro atoms. The average molecular weight is 307 g/mol. The molecule has 116 valence electrons. The lowest BCUT2D eigenvalue weighted by molar-refractivity contribution is 1.40. The summed E-state index contributed by atoms with van der Waals surface area (Å²) in [5, 5.41) is 16.0. The first kappa shape index (κ1) is 14.5. The van der Waals surface area contributed by atoms with E-state index in [1.165, 1.54) is 0 Å². The zero-order chi connectivity index (χ0) is 16.7. The molecular weight excluding hydrogens is 290 g/mol. The summed E-state index contributed by atoms with van der Waals surface area (Å²) in [5.74, 6) is -0.415. The van der Waals surface area contributed by atoms with E-state index in [9.17, 15) is 0 Å². The molecule has 0 aliphatic rings. The molecule has 0 amide bonds. The summed E-state index contributed by atoms with van der Waals surface area (Å²) in [6.07, 6.45) is 0. The number of nitrogens with one attached hydrogen (secondary N) is 3. The Morgan fingerprint density at radius 3 is 2.13 bits per heavy atom. The van der Waals surface area contributed by atoms with Crippen molar-refractivity contribution in [2.75, 3.05) is 11.5 Å². The average Bonchev–Trinajstić information content (AvgIpc) is 2.84. The molecule has 3 rings (SSSR count). The van der Waals surface area contributed by atoms with Gasteiger partial charge in [0.05, 0.1) is 22.6 Å². The maximum atomic E-state index is 7.82. The van der Waals surface area contributed by atoms with E-state index in [1.807, 2.05) is 30.3 Å². The highest BCUT2D eigenvalue weighted by Crippen LogP contribution is 2.37. The minimum Gasteiger partial charge on any atom is -0.398 e. The van der Waals surface area contributed by atoms with Crippen molar-refractivity contribution < 1.29 is 0 Å². The van der Waals surface area contributed by atoms with Crippen molar-refractivity contribution in [2.45, 2.75) is 0 Å². The standard InChI is InChI=1S/C16H17N7/c17-12-8(15(19)20)6-9-10(11(12)16(21)22)13(18)14(23-9)7-4-2-1-3-5-7/h1-6,23H,17-18H2,(H3,19,20)(H3,21,22). The second kappa shape index (κ2) is 5.06. The molecule has 7 nitrogen and oxygen atoms in total. The number of fused-ring (bicyclic) bond motifs is 1. The molecular formula is C16H17N7. The Bertz CT molecular complexity index is 938. The van der Waals surface area contributed by atoms with E-state index < -0.39 is 0 Å². The SMILES string of the molecule is N=C(N)c1cc2[nH]c(-c3ccccc3)c(N)c2c(C(=N)N)c1N. The fourth-order valence-electron chi connectivity index (χ4n) is 2.74. The van der Waals surface area contributed by atoms with Gasteiger partial charge in [-0.15, -0.1) is 0 Å². The largest absolute Gasteiger partial charge is 0.398 e. The second-order valence-electron chi connectivity index (χ2n) is 5.24. The smallest absolute Gasteiger partial charge is 0.125 e. The van der Waals surface area contributed by atoms with Crippen molar-refractivity contribution in [1.29, 1.82) is 10.8 Å². The minimum atomic E-state index is -0.221. The van der Waals surface area contributed by atoms with Gasteiger partial charge in [-0.25, -0.2) is 0 Å². The highest BCUT2D eigenvalue weighted by atomic mass is 14.8. The highest BCUT2D eigenvalue weighted by Gasteiger charge is 2.21. The third-order valence-electron chi connectivity index (χ3n) is 3.79. The van der Waals surface area contributed by atoms with Crippen LogP contribution in [0.1, 0.15) is 11.1 Å². The van der Waals surface area contributed by atoms with Crippen molar-refractivity contribution in [3.8, 4) is 11.3 Å². The Kier molecular flexibility index (Phi) is 3.18. The normalized spacial score (nSPS) is 10.8. The predicted molar refractivity (Wildman–Crippen MR) is 94.6 cm³/mol. The molecule has 0 atom stereocenters. The number of amidine groups is 2. The van der Waals surface area contributed by atoms with Crippen molar-refractivity contribution >= 4 is 33.9 Å². The first-order valence-electron chi connectivity index (χ1n) is 6.89. The van der Waals surface area contributed by atoms with Gasteiger partial charge in [0, 0.05) is 22.0 Å². The zero-order valence-corrected chi connectivity index (χ0v) is 12.3. The van der Waals surface area contributed by atoms with Gasteiger partial charge in [-0.05, 0) is 6.07 Å². The highest BCUT2D eigenvalue weighted by molar-refractivity contribution is 6.20. The summed E-state index contributed by atoms with van der Waals surface area (Å²) in [4.78, 5) is 3.21. The molecule has 0 aliphatic heterocycles. The lowest BCUT2D eigenvalue weighted by Crippen LogP contribution is -2.20. The molecule has 1 heterocycles. The van der Waals surface area contributed by atoms with Gasteiger partial charge >= 0.3 is 0 Å². The van der Waals surface area contributed by atoms with Crippen LogP contribution in [-0.2, 0) is 0 Å². The van der Waals surface area contributed by atoms with E-state index in [0.29, 0.717) is 33.4 Å². The van der Waals surface area contributed by atoms with E-state index in [2.05, 4.69) is 4.98 Å². The summed E-state index contributed by atoms with van der Waals surface area (Å²) < 4.78 is 0. The first-order valence-corrected chi connectivity index (χ1v) is 6.89. The van der Waals surface area contributed by atoms with Crippen LogP contribution < -0.4 is 22.9 Å².